The molecule has 28 heavy (non-hydrogen) atoms. The molecule has 0 saturated heterocycles. The fourth-order valence-electron chi connectivity index (χ4n) is 2.67. The number of amides is 1. The summed E-state index contributed by atoms with van der Waals surface area (Å²) in [5, 5.41) is 3.30. The fraction of sp³-hybridized carbons (Fsp3) is 0.150. The van der Waals surface area contributed by atoms with Crippen LogP contribution in [0.25, 0.3) is 21.5 Å². The summed E-state index contributed by atoms with van der Waals surface area (Å²) in [6, 6.07) is 11.9. The van der Waals surface area contributed by atoms with Gasteiger partial charge in [0.25, 0.3) is 0 Å². The van der Waals surface area contributed by atoms with Gasteiger partial charge in [-0.2, -0.15) is 4.98 Å². The second-order valence-corrected chi connectivity index (χ2v) is 7.10. The van der Waals surface area contributed by atoms with Gasteiger partial charge >= 0.3 is 6.01 Å². The first-order chi connectivity index (χ1) is 13.7. The average molecular weight is 391 g/mol. The van der Waals surface area contributed by atoms with Crippen molar-refractivity contribution < 1.29 is 9.53 Å². The molecular formula is C20H17N5O2S. The summed E-state index contributed by atoms with van der Waals surface area (Å²) < 4.78 is 6.67. The smallest absolute Gasteiger partial charge is 0.316 e. The monoisotopic (exact) mass is 391 g/mol. The van der Waals surface area contributed by atoms with Crippen LogP contribution in [0.3, 0.4) is 0 Å². The number of fused-ring (bicyclic) bond motifs is 1. The standard InChI is InChI=1S/C20H17N5O2S/c1-13(26)23-20-25-17-5-4-15(11-18(17)28-20)16-6-9-22-19(24-16)27-10-7-14-3-2-8-21-12-14/h2-6,8-9,11-12H,7,10H2,1H3,(H,23,25,26). The molecule has 8 heteroatoms. The Kier molecular flexibility index (Phi) is 5.20. The molecule has 1 N–H and O–H groups in total. The molecule has 3 heterocycles. The van der Waals surface area contributed by atoms with Crippen molar-refractivity contribution in [3.8, 4) is 17.3 Å². The Morgan fingerprint density at radius 3 is 2.93 bits per heavy atom. The van der Waals surface area contributed by atoms with E-state index in [0.29, 0.717) is 17.7 Å². The van der Waals surface area contributed by atoms with Gasteiger partial charge in [-0.25, -0.2) is 9.97 Å². The Morgan fingerprint density at radius 2 is 2.11 bits per heavy atom. The van der Waals surface area contributed by atoms with E-state index in [1.807, 2.05) is 42.6 Å². The Labute approximate surface area is 165 Å². The van der Waals surface area contributed by atoms with Crippen molar-refractivity contribution in [2.24, 2.45) is 0 Å². The highest BCUT2D eigenvalue weighted by Gasteiger charge is 2.09. The van der Waals surface area contributed by atoms with E-state index < -0.39 is 0 Å². The van der Waals surface area contributed by atoms with Crippen LogP contribution in [0.1, 0.15) is 12.5 Å². The lowest BCUT2D eigenvalue weighted by Crippen LogP contribution is -2.04. The number of thiazole rings is 1. The number of benzene rings is 1. The molecule has 0 aliphatic heterocycles. The topological polar surface area (TPSA) is 89.9 Å². The molecule has 4 aromatic rings. The maximum atomic E-state index is 11.2. The number of rotatable bonds is 6. The van der Waals surface area contributed by atoms with Gasteiger partial charge in [0, 0.05) is 37.5 Å². The predicted octanol–water partition coefficient (Wildman–Crippen LogP) is 3.73. The highest BCUT2D eigenvalue weighted by Crippen LogP contribution is 2.30. The Morgan fingerprint density at radius 1 is 1.18 bits per heavy atom. The number of ether oxygens (including phenoxy) is 1. The summed E-state index contributed by atoms with van der Waals surface area (Å²) in [7, 11) is 0. The summed E-state index contributed by atoms with van der Waals surface area (Å²) in [5.41, 5.74) is 3.64. The lowest BCUT2D eigenvalue weighted by atomic mass is 10.1. The van der Waals surface area contributed by atoms with Crippen LogP contribution in [0.2, 0.25) is 0 Å². The van der Waals surface area contributed by atoms with Gasteiger partial charge in [0.15, 0.2) is 5.13 Å². The molecule has 0 fully saturated rings. The van der Waals surface area contributed by atoms with Gasteiger partial charge in [0.05, 0.1) is 22.5 Å². The average Bonchev–Trinajstić information content (AvgIpc) is 3.09. The number of hydrogen-bond donors (Lipinski definition) is 1. The minimum absolute atomic E-state index is 0.136. The van der Waals surface area contributed by atoms with E-state index >= 15 is 0 Å². The van der Waals surface area contributed by atoms with Crippen molar-refractivity contribution in [2.45, 2.75) is 13.3 Å². The second kappa shape index (κ2) is 8.10. The van der Waals surface area contributed by atoms with E-state index in [-0.39, 0.29) is 5.91 Å². The quantitative estimate of drug-likeness (QED) is 0.539. The van der Waals surface area contributed by atoms with Crippen LogP contribution in [0.4, 0.5) is 5.13 Å². The van der Waals surface area contributed by atoms with E-state index in [1.54, 1.807) is 12.4 Å². The molecule has 3 aromatic heterocycles. The number of nitrogens with zero attached hydrogens (tertiary/aromatic N) is 4. The maximum Gasteiger partial charge on any atom is 0.316 e. The fourth-order valence-corrected chi connectivity index (χ4v) is 3.62. The molecule has 0 aliphatic rings. The normalized spacial score (nSPS) is 10.8. The minimum atomic E-state index is -0.136. The van der Waals surface area contributed by atoms with Crippen LogP contribution in [0, 0.1) is 0 Å². The van der Waals surface area contributed by atoms with Crippen molar-refractivity contribution >= 4 is 32.6 Å². The summed E-state index contributed by atoms with van der Waals surface area (Å²) >= 11 is 1.43. The lowest BCUT2D eigenvalue weighted by molar-refractivity contribution is -0.114. The molecule has 0 aliphatic carbocycles. The SMILES string of the molecule is CC(=O)Nc1nc2ccc(-c3ccnc(OCCc4cccnc4)n3)cc2s1. The summed E-state index contributed by atoms with van der Waals surface area (Å²) in [6.07, 6.45) is 5.98. The number of anilines is 1. The van der Waals surface area contributed by atoms with E-state index in [9.17, 15) is 4.79 Å². The molecule has 0 radical (unpaired) electrons. The van der Waals surface area contributed by atoms with Gasteiger partial charge in [0.1, 0.15) is 0 Å². The number of pyridine rings is 1. The van der Waals surface area contributed by atoms with Crippen LogP contribution in [-0.4, -0.2) is 32.4 Å². The third kappa shape index (κ3) is 4.29. The molecule has 0 bridgehead atoms. The largest absolute Gasteiger partial charge is 0.463 e. The number of aromatic nitrogens is 4. The lowest BCUT2D eigenvalue weighted by Gasteiger charge is -2.06. The summed E-state index contributed by atoms with van der Waals surface area (Å²) in [5.74, 6) is -0.136. The van der Waals surface area contributed by atoms with Gasteiger partial charge in [-0.05, 0) is 29.8 Å². The second-order valence-electron chi connectivity index (χ2n) is 6.07. The molecule has 0 spiro atoms. The Balaban J connectivity index is 1.49. The molecule has 0 saturated carbocycles. The number of nitrogens with one attached hydrogen (secondary N) is 1. The van der Waals surface area contributed by atoms with Crippen molar-refractivity contribution in [3.63, 3.8) is 0 Å². The van der Waals surface area contributed by atoms with Crippen LogP contribution >= 0.6 is 11.3 Å². The molecule has 140 valence electrons. The highest BCUT2D eigenvalue weighted by molar-refractivity contribution is 7.22. The zero-order valence-electron chi connectivity index (χ0n) is 15.1. The van der Waals surface area contributed by atoms with E-state index in [2.05, 4.69) is 25.3 Å². The first-order valence-corrected chi connectivity index (χ1v) is 9.52. The van der Waals surface area contributed by atoms with Crippen molar-refractivity contribution in [2.75, 3.05) is 11.9 Å². The Bertz CT molecular complexity index is 1110. The van der Waals surface area contributed by atoms with Crippen LogP contribution in [0.5, 0.6) is 6.01 Å². The Hall–Kier alpha value is -3.39. The van der Waals surface area contributed by atoms with Gasteiger partial charge in [-0.1, -0.05) is 23.5 Å². The number of hydrogen-bond acceptors (Lipinski definition) is 7. The zero-order valence-corrected chi connectivity index (χ0v) is 15.9. The van der Waals surface area contributed by atoms with Crippen molar-refractivity contribution in [3.05, 3.63) is 60.6 Å². The van der Waals surface area contributed by atoms with Gasteiger partial charge in [-0.15, -0.1) is 0 Å². The van der Waals surface area contributed by atoms with E-state index in [1.165, 1.54) is 18.3 Å². The third-order valence-corrected chi connectivity index (χ3v) is 4.88. The van der Waals surface area contributed by atoms with E-state index in [4.69, 9.17) is 4.74 Å². The molecule has 1 aromatic carbocycles. The number of carbonyl (C=O) groups excluding carboxylic acids is 1. The summed E-state index contributed by atoms with van der Waals surface area (Å²) in [4.78, 5) is 28.4. The van der Waals surface area contributed by atoms with Gasteiger partial charge in [0.2, 0.25) is 5.91 Å². The van der Waals surface area contributed by atoms with Gasteiger partial charge < -0.3 is 10.1 Å². The predicted molar refractivity (Wildman–Crippen MR) is 108 cm³/mol. The van der Waals surface area contributed by atoms with E-state index in [0.717, 1.165) is 33.5 Å². The molecule has 0 unspecified atom stereocenters. The third-order valence-electron chi connectivity index (χ3n) is 3.95. The van der Waals surface area contributed by atoms with Crippen molar-refractivity contribution in [1.29, 1.82) is 0 Å². The van der Waals surface area contributed by atoms with Crippen LogP contribution in [0.15, 0.2) is 55.0 Å². The van der Waals surface area contributed by atoms with Crippen LogP contribution in [-0.2, 0) is 11.2 Å². The molecular weight excluding hydrogens is 374 g/mol. The maximum absolute atomic E-state index is 11.2. The van der Waals surface area contributed by atoms with Crippen molar-refractivity contribution in [1.82, 2.24) is 19.9 Å². The summed E-state index contributed by atoms with van der Waals surface area (Å²) in [6.45, 7) is 1.94. The minimum Gasteiger partial charge on any atom is -0.463 e. The van der Waals surface area contributed by atoms with Crippen LogP contribution < -0.4 is 10.1 Å². The molecule has 4 rings (SSSR count). The number of carbonyl (C=O) groups is 1. The van der Waals surface area contributed by atoms with Gasteiger partial charge in [-0.3, -0.25) is 9.78 Å². The molecule has 0 atom stereocenters. The first kappa shape index (κ1) is 18.0. The zero-order chi connectivity index (χ0) is 19.3. The first-order valence-electron chi connectivity index (χ1n) is 8.71. The highest BCUT2D eigenvalue weighted by atomic mass is 32.1. The molecule has 7 nitrogen and oxygen atoms in total. The molecule has 1 amide bonds.